The number of hydrogen-bond donors (Lipinski definition) is 2. The second-order valence-corrected chi connectivity index (χ2v) is 7.28. The van der Waals surface area contributed by atoms with Crippen molar-refractivity contribution in [1.29, 1.82) is 0 Å². The molecule has 2 N–H and O–H groups in total. The molecule has 4 rings (SSSR count). The topological polar surface area (TPSA) is 58.6 Å². The van der Waals surface area contributed by atoms with Crippen molar-refractivity contribution >= 4 is 34.9 Å². The Morgan fingerprint density at radius 3 is 2.92 bits per heavy atom. The van der Waals surface area contributed by atoms with Gasteiger partial charge >= 0.3 is 5.97 Å². The average Bonchev–Trinajstić information content (AvgIpc) is 2.92. The molecule has 126 valence electrons. The standard InChI is InChI=1S/C18H17Cl2NO3/c1-2-8-4-3-5-10-13-14-11(20)6-9(19)7-12(14)21-15(18(22)23)17(13)24-16(8)10/h3,5-8,13,15,17,21H,2,4H2,1H3,(H,22,23). The molecule has 1 aromatic rings. The van der Waals surface area contributed by atoms with Gasteiger partial charge in [-0.2, -0.15) is 0 Å². The average molecular weight is 366 g/mol. The Balaban J connectivity index is 1.90. The summed E-state index contributed by atoms with van der Waals surface area (Å²) in [7, 11) is 0. The molecule has 4 atom stereocenters. The molecule has 2 heterocycles. The Morgan fingerprint density at radius 1 is 1.42 bits per heavy atom. The second kappa shape index (κ2) is 5.71. The molecule has 0 spiro atoms. The third-order valence-electron chi connectivity index (χ3n) is 5.10. The number of anilines is 1. The van der Waals surface area contributed by atoms with Crippen LogP contribution in [0.1, 0.15) is 31.2 Å². The van der Waals surface area contributed by atoms with Crippen LogP contribution in [0.4, 0.5) is 5.69 Å². The summed E-state index contributed by atoms with van der Waals surface area (Å²) in [5.41, 5.74) is 2.59. The molecule has 0 aromatic heterocycles. The van der Waals surface area contributed by atoms with E-state index in [1.807, 2.05) is 0 Å². The summed E-state index contributed by atoms with van der Waals surface area (Å²) in [6.45, 7) is 2.12. The van der Waals surface area contributed by atoms with Crippen LogP contribution in [-0.2, 0) is 9.53 Å². The number of fused-ring (bicyclic) bond motifs is 4. The van der Waals surface area contributed by atoms with Crippen molar-refractivity contribution in [2.45, 2.75) is 37.8 Å². The number of carboxylic acids is 1. The summed E-state index contributed by atoms with van der Waals surface area (Å²) in [5.74, 6) is 0.0813. The van der Waals surface area contributed by atoms with Gasteiger partial charge in [-0.15, -0.1) is 0 Å². The number of halogens is 2. The number of ether oxygens (including phenoxy) is 1. The zero-order chi connectivity index (χ0) is 17.0. The van der Waals surface area contributed by atoms with Gasteiger partial charge in [-0.05, 0) is 25.0 Å². The smallest absolute Gasteiger partial charge is 0.330 e. The van der Waals surface area contributed by atoms with Gasteiger partial charge in [0.1, 0.15) is 11.9 Å². The predicted molar refractivity (Wildman–Crippen MR) is 93.7 cm³/mol. The van der Waals surface area contributed by atoms with E-state index in [0.29, 0.717) is 21.7 Å². The first-order chi connectivity index (χ1) is 11.5. The molecule has 2 aliphatic heterocycles. The molecule has 0 saturated carbocycles. The molecule has 1 aliphatic carbocycles. The zero-order valence-electron chi connectivity index (χ0n) is 13.1. The Hall–Kier alpha value is -1.65. The molecule has 6 heteroatoms. The zero-order valence-corrected chi connectivity index (χ0v) is 14.6. The number of allylic oxidation sites excluding steroid dienone is 3. The predicted octanol–water partition coefficient (Wildman–Crippen LogP) is 4.59. The summed E-state index contributed by atoms with van der Waals surface area (Å²) < 4.78 is 6.18. The lowest BCUT2D eigenvalue weighted by Crippen LogP contribution is -2.47. The Labute approximate surface area is 150 Å². The van der Waals surface area contributed by atoms with Crippen LogP contribution in [0.2, 0.25) is 10.0 Å². The number of carboxylic acid groups (broad SMARTS) is 1. The highest BCUT2D eigenvalue weighted by atomic mass is 35.5. The minimum Gasteiger partial charge on any atom is -0.490 e. The van der Waals surface area contributed by atoms with Gasteiger partial charge in [0.25, 0.3) is 0 Å². The highest BCUT2D eigenvalue weighted by Gasteiger charge is 2.50. The number of aliphatic carboxylic acids is 1. The largest absolute Gasteiger partial charge is 0.490 e. The van der Waals surface area contributed by atoms with E-state index in [0.717, 1.165) is 29.7 Å². The van der Waals surface area contributed by atoms with Gasteiger partial charge in [0.2, 0.25) is 0 Å². The molecule has 1 aromatic carbocycles. The van der Waals surface area contributed by atoms with E-state index >= 15 is 0 Å². The lowest BCUT2D eigenvalue weighted by molar-refractivity contribution is -0.140. The summed E-state index contributed by atoms with van der Waals surface area (Å²) >= 11 is 12.6. The molecular weight excluding hydrogens is 349 g/mol. The number of carbonyl (C=O) groups is 1. The molecule has 0 saturated heterocycles. The fourth-order valence-corrected chi connectivity index (χ4v) is 4.61. The third-order valence-corrected chi connectivity index (χ3v) is 5.63. The van der Waals surface area contributed by atoms with E-state index in [9.17, 15) is 9.90 Å². The highest BCUT2D eigenvalue weighted by Crippen LogP contribution is 2.53. The van der Waals surface area contributed by atoms with Crippen molar-refractivity contribution < 1.29 is 14.6 Å². The summed E-state index contributed by atoms with van der Waals surface area (Å²) in [4.78, 5) is 11.8. The van der Waals surface area contributed by atoms with Crippen molar-refractivity contribution in [3.63, 3.8) is 0 Å². The van der Waals surface area contributed by atoms with Crippen LogP contribution in [0.3, 0.4) is 0 Å². The molecule has 4 nitrogen and oxygen atoms in total. The number of nitrogens with one attached hydrogen (secondary N) is 1. The van der Waals surface area contributed by atoms with Crippen LogP contribution in [-0.4, -0.2) is 23.2 Å². The number of hydrogen-bond acceptors (Lipinski definition) is 3. The van der Waals surface area contributed by atoms with E-state index in [1.54, 1.807) is 12.1 Å². The monoisotopic (exact) mass is 365 g/mol. The first kappa shape index (κ1) is 15.9. The number of rotatable bonds is 2. The van der Waals surface area contributed by atoms with Crippen molar-refractivity contribution in [2.75, 3.05) is 5.32 Å². The van der Waals surface area contributed by atoms with Gasteiger partial charge in [-0.25, -0.2) is 4.79 Å². The van der Waals surface area contributed by atoms with Crippen LogP contribution < -0.4 is 5.32 Å². The van der Waals surface area contributed by atoms with Gasteiger partial charge in [0.15, 0.2) is 6.04 Å². The van der Waals surface area contributed by atoms with E-state index < -0.39 is 18.1 Å². The fraction of sp³-hybridized carbons (Fsp3) is 0.389. The van der Waals surface area contributed by atoms with Crippen LogP contribution in [0, 0.1) is 5.92 Å². The van der Waals surface area contributed by atoms with Gasteiger partial charge in [-0.3, -0.25) is 0 Å². The van der Waals surface area contributed by atoms with Gasteiger partial charge in [-0.1, -0.05) is 42.3 Å². The second-order valence-electron chi connectivity index (χ2n) is 6.43. The van der Waals surface area contributed by atoms with Crippen LogP contribution in [0.5, 0.6) is 0 Å². The van der Waals surface area contributed by atoms with Gasteiger partial charge in [0.05, 0.1) is 5.92 Å². The first-order valence-corrected chi connectivity index (χ1v) is 8.82. The third kappa shape index (κ3) is 2.24. The molecular formula is C18H17Cl2NO3. The van der Waals surface area contributed by atoms with Crippen molar-refractivity contribution in [1.82, 2.24) is 0 Å². The van der Waals surface area contributed by atoms with Gasteiger partial charge < -0.3 is 15.2 Å². The van der Waals surface area contributed by atoms with Crippen molar-refractivity contribution in [3.05, 3.63) is 51.2 Å². The minimum atomic E-state index is -0.941. The Kier molecular flexibility index (Phi) is 3.77. The van der Waals surface area contributed by atoms with E-state index in [-0.39, 0.29) is 5.92 Å². The summed E-state index contributed by atoms with van der Waals surface area (Å²) in [6, 6.07) is 2.59. The van der Waals surface area contributed by atoms with Crippen LogP contribution >= 0.6 is 23.2 Å². The summed E-state index contributed by atoms with van der Waals surface area (Å²) in [5, 5.41) is 13.7. The van der Waals surface area contributed by atoms with Crippen LogP contribution in [0.25, 0.3) is 0 Å². The van der Waals surface area contributed by atoms with Crippen molar-refractivity contribution in [2.24, 2.45) is 5.92 Å². The maximum atomic E-state index is 11.8. The van der Waals surface area contributed by atoms with Crippen LogP contribution in [0.15, 0.2) is 35.6 Å². The molecule has 0 amide bonds. The first-order valence-electron chi connectivity index (χ1n) is 8.06. The highest BCUT2D eigenvalue weighted by molar-refractivity contribution is 6.35. The maximum absolute atomic E-state index is 11.8. The molecule has 0 radical (unpaired) electrons. The molecule has 4 unspecified atom stereocenters. The normalized spacial score (nSPS) is 30.1. The van der Waals surface area contributed by atoms with Gasteiger partial charge in [0, 0.05) is 32.8 Å². The fourth-order valence-electron chi connectivity index (χ4n) is 4.00. The van der Waals surface area contributed by atoms with E-state index in [4.69, 9.17) is 27.9 Å². The summed E-state index contributed by atoms with van der Waals surface area (Å²) in [6.07, 6.45) is 5.57. The molecule has 3 aliphatic rings. The molecule has 24 heavy (non-hydrogen) atoms. The Bertz CT molecular complexity index is 787. The number of benzene rings is 1. The van der Waals surface area contributed by atoms with E-state index in [1.165, 1.54) is 0 Å². The lowest BCUT2D eigenvalue weighted by Gasteiger charge is -2.35. The Morgan fingerprint density at radius 2 is 2.21 bits per heavy atom. The lowest BCUT2D eigenvalue weighted by atomic mass is 9.78. The molecule has 0 bridgehead atoms. The molecule has 0 fully saturated rings. The maximum Gasteiger partial charge on any atom is 0.330 e. The van der Waals surface area contributed by atoms with E-state index in [2.05, 4.69) is 24.4 Å². The minimum absolute atomic E-state index is 0.187. The quantitative estimate of drug-likeness (QED) is 0.804. The SMILES string of the molecule is CCC1CC=CC2=C1OC1C(C(=O)O)Nc3cc(Cl)cc(Cl)c3C21. The van der Waals surface area contributed by atoms with Crippen molar-refractivity contribution in [3.8, 4) is 0 Å².